The minimum Gasteiger partial charge on any atom is -0.481 e. The van der Waals surface area contributed by atoms with E-state index < -0.39 is 11.9 Å². The number of hydrogen-bond acceptors (Lipinski definition) is 4. The quantitative estimate of drug-likeness (QED) is 0.434. The zero-order chi connectivity index (χ0) is 21.1. The van der Waals surface area contributed by atoms with Crippen LogP contribution >= 0.6 is 0 Å². The standard InChI is InChI=1S/C22H27N3O4/c23-20(26)15-24-14-19(11-13-22(28)29)25-21(27)12-8-16-6-9-18(10-7-16)17-4-2-1-3-5-17/h1-7,9-10,19,24H,8,11-15H2,(H2,23,26)(H,25,27)(H,28,29). The molecule has 1 atom stereocenters. The summed E-state index contributed by atoms with van der Waals surface area (Å²) in [5.41, 5.74) is 8.39. The first-order valence-corrected chi connectivity index (χ1v) is 9.58. The third kappa shape index (κ3) is 8.57. The van der Waals surface area contributed by atoms with Gasteiger partial charge in [-0.25, -0.2) is 0 Å². The van der Waals surface area contributed by atoms with E-state index in [9.17, 15) is 14.4 Å². The fraction of sp³-hybridized carbons (Fsp3) is 0.318. The lowest BCUT2D eigenvalue weighted by molar-refractivity contribution is -0.137. The molecule has 0 radical (unpaired) electrons. The Morgan fingerprint density at radius 3 is 2.21 bits per heavy atom. The molecule has 0 fully saturated rings. The Labute approximate surface area is 170 Å². The molecule has 0 saturated heterocycles. The Morgan fingerprint density at radius 1 is 0.931 bits per heavy atom. The predicted octanol–water partition coefficient (Wildman–Crippen LogP) is 1.71. The summed E-state index contributed by atoms with van der Waals surface area (Å²) < 4.78 is 0. The summed E-state index contributed by atoms with van der Waals surface area (Å²) in [5, 5.41) is 14.5. The molecule has 0 aliphatic rings. The van der Waals surface area contributed by atoms with Gasteiger partial charge in [0.05, 0.1) is 6.54 Å². The van der Waals surface area contributed by atoms with Gasteiger partial charge in [-0.05, 0) is 29.5 Å². The molecule has 0 bridgehead atoms. The molecule has 29 heavy (non-hydrogen) atoms. The van der Waals surface area contributed by atoms with Crippen LogP contribution in [0.4, 0.5) is 0 Å². The maximum absolute atomic E-state index is 12.3. The first-order chi connectivity index (χ1) is 13.9. The van der Waals surface area contributed by atoms with Crippen LogP contribution in [-0.2, 0) is 20.8 Å². The topological polar surface area (TPSA) is 122 Å². The van der Waals surface area contributed by atoms with Crippen LogP contribution in [0.5, 0.6) is 0 Å². The van der Waals surface area contributed by atoms with Crippen LogP contribution in [0.3, 0.4) is 0 Å². The van der Waals surface area contributed by atoms with Gasteiger partial charge >= 0.3 is 5.97 Å². The second-order valence-corrected chi connectivity index (χ2v) is 6.86. The number of aliphatic carboxylic acids is 1. The van der Waals surface area contributed by atoms with E-state index in [4.69, 9.17) is 10.8 Å². The molecule has 1 unspecified atom stereocenters. The van der Waals surface area contributed by atoms with Crippen molar-refractivity contribution < 1.29 is 19.5 Å². The smallest absolute Gasteiger partial charge is 0.303 e. The number of nitrogens with two attached hydrogens (primary N) is 1. The van der Waals surface area contributed by atoms with Crippen molar-refractivity contribution in [2.24, 2.45) is 5.73 Å². The number of carboxylic acid groups (broad SMARTS) is 1. The van der Waals surface area contributed by atoms with E-state index >= 15 is 0 Å². The second kappa shape index (κ2) is 11.6. The number of primary amides is 1. The van der Waals surface area contributed by atoms with Gasteiger partial charge in [-0.2, -0.15) is 0 Å². The lowest BCUT2D eigenvalue weighted by Gasteiger charge is -2.18. The van der Waals surface area contributed by atoms with Crippen LogP contribution in [-0.4, -0.2) is 42.0 Å². The van der Waals surface area contributed by atoms with Crippen LogP contribution in [0.1, 0.15) is 24.8 Å². The Kier molecular flexibility index (Phi) is 8.85. The maximum Gasteiger partial charge on any atom is 0.303 e. The van der Waals surface area contributed by atoms with Gasteiger partial charge in [-0.15, -0.1) is 0 Å². The van der Waals surface area contributed by atoms with Gasteiger partial charge in [0.15, 0.2) is 0 Å². The molecule has 0 heterocycles. The fourth-order valence-electron chi connectivity index (χ4n) is 2.94. The monoisotopic (exact) mass is 397 g/mol. The minimum atomic E-state index is -0.933. The molecule has 0 aliphatic heterocycles. The van der Waals surface area contributed by atoms with Crippen molar-refractivity contribution in [3.8, 4) is 11.1 Å². The van der Waals surface area contributed by atoms with Gasteiger partial charge in [-0.3, -0.25) is 14.4 Å². The normalized spacial score (nSPS) is 11.6. The summed E-state index contributed by atoms with van der Waals surface area (Å²) in [6.45, 7) is 0.265. The first kappa shape index (κ1) is 22.1. The van der Waals surface area contributed by atoms with E-state index in [-0.39, 0.29) is 37.9 Å². The molecule has 2 aromatic rings. The highest BCUT2D eigenvalue weighted by Crippen LogP contribution is 2.19. The zero-order valence-electron chi connectivity index (χ0n) is 16.3. The van der Waals surface area contributed by atoms with Gasteiger partial charge in [0, 0.05) is 25.4 Å². The van der Waals surface area contributed by atoms with E-state index in [1.54, 1.807) is 0 Å². The largest absolute Gasteiger partial charge is 0.481 e. The highest BCUT2D eigenvalue weighted by Gasteiger charge is 2.14. The molecule has 5 N–H and O–H groups in total. The summed E-state index contributed by atoms with van der Waals surface area (Å²) in [5.74, 6) is -1.60. The molecule has 2 amide bonds. The van der Waals surface area contributed by atoms with Gasteiger partial charge in [-0.1, -0.05) is 54.6 Å². The van der Waals surface area contributed by atoms with Crippen molar-refractivity contribution >= 4 is 17.8 Å². The fourth-order valence-corrected chi connectivity index (χ4v) is 2.94. The van der Waals surface area contributed by atoms with Crippen molar-refractivity contribution in [3.05, 3.63) is 60.2 Å². The Hall–Kier alpha value is -3.19. The lowest BCUT2D eigenvalue weighted by atomic mass is 10.0. The zero-order valence-corrected chi connectivity index (χ0v) is 16.3. The number of amides is 2. The number of benzene rings is 2. The van der Waals surface area contributed by atoms with Gasteiger partial charge < -0.3 is 21.5 Å². The molecule has 7 nitrogen and oxygen atoms in total. The predicted molar refractivity (Wildman–Crippen MR) is 111 cm³/mol. The Bertz CT molecular complexity index is 807. The summed E-state index contributed by atoms with van der Waals surface area (Å²) in [6, 6.07) is 17.8. The number of carbonyl (C=O) groups is 3. The molecular weight excluding hydrogens is 370 g/mol. The van der Waals surface area contributed by atoms with Crippen LogP contribution in [0.25, 0.3) is 11.1 Å². The molecule has 0 saturated carbocycles. The number of nitrogens with one attached hydrogen (secondary N) is 2. The molecule has 7 heteroatoms. The summed E-state index contributed by atoms with van der Waals surface area (Å²) in [4.78, 5) is 33.9. The highest BCUT2D eigenvalue weighted by molar-refractivity contribution is 5.77. The molecule has 0 spiro atoms. The van der Waals surface area contributed by atoms with E-state index in [1.807, 2.05) is 54.6 Å². The lowest BCUT2D eigenvalue weighted by Crippen LogP contribution is -2.44. The Morgan fingerprint density at radius 2 is 1.59 bits per heavy atom. The van der Waals surface area contributed by atoms with Gasteiger partial charge in [0.2, 0.25) is 11.8 Å². The SMILES string of the molecule is NC(=O)CNCC(CCC(=O)O)NC(=O)CCc1ccc(-c2ccccc2)cc1. The summed E-state index contributed by atoms with van der Waals surface area (Å²) >= 11 is 0. The molecule has 0 aromatic heterocycles. The first-order valence-electron chi connectivity index (χ1n) is 9.58. The van der Waals surface area contributed by atoms with Crippen molar-refractivity contribution in [3.63, 3.8) is 0 Å². The molecule has 2 aromatic carbocycles. The van der Waals surface area contributed by atoms with E-state index in [2.05, 4.69) is 10.6 Å². The average molecular weight is 397 g/mol. The van der Waals surface area contributed by atoms with Crippen molar-refractivity contribution in [1.29, 1.82) is 0 Å². The highest BCUT2D eigenvalue weighted by atomic mass is 16.4. The van der Waals surface area contributed by atoms with Gasteiger partial charge in [0.25, 0.3) is 0 Å². The number of carboxylic acids is 1. The van der Waals surface area contributed by atoms with Gasteiger partial charge in [0.1, 0.15) is 0 Å². The van der Waals surface area contributed by atoms with Crippen LogP contribution in [0, 0.1) is 0 Å². The van der Waals surface area contributed by atoms with E-state index in [0.717, 1.165) is 16.7 Å². The third-order valence-corrected chi connectivity index (χ3v) is 4.46. The van der Waals surface area contributed by atoms with Crippen LogP contribution in [0.2, 0.25) is 0 Å². The summed E-state index contributed by atoms with van der Waals surface area (Å²) in [6.07, 6.45) is 1.09. The second-order valence-electron chi connectivity index (χ2n) is 6.86. The van der Waals surface area contributed by atoms with Crippen molar-refractivity contribution in [1.82, 2.24) is 10.6 Å². The molecule has 2 rings (SSSR count). The van der Waals surface area contributed by atoms with Crippen LogP contribution < -0.4 is 16.4 Å². The Balaban J connectivity index is 1.83. The van der Waals surface area contributed by atoms with E-state index in [1.165, 1.54) is 0 Å². The third-order valence-electron chi connectivity index (χ3n) is 4.46. The van der Waals surface area contributed by atoms with Crippen molar-refractivity contribution in [2.75, 3.05) is 13.1 Å². The number of carbonyl (C=O) groups excluding carboxylic acids is 2. The summed E-state index contributed by atoms with van der Waals surface area (Å²) in [7, 11) is 0. The van der Waals surface area contributed by atoms with Crippen molar-refractivity contribution in [2.45, 2.75) is 31.7 Å². The molecular formula is C22H27N3O4. The number of rotatable bonds is 12. The maximum atomic E-state index is 12.3. The molecule has 0 aliphatic carbocycles. The molecule has 154 valence electrons. The van der Waals surface area contributed by atoms with Crippen LogP contribution in [0.15, 0.2) is 54.6 Å². The average Bonchev–Trinajstić information content (AvgIpc) is 2.71. The van der Waals surface area contributed by atoms with E-state index in [0.29, 0.717) is 12.8 Å². The number of hydrogen-bond donors (Lipinski definition) is 4. The number of aryl methyl sites for hydroxylation is 1. The minimum absolute atomic E-state index is 0.0206.